The molecule has 0 saturated heterocycles. The topological polar surface area (TPSA) is 17.3 Å². The molecule has 0 aliphatic carbocycles. The molecule has 4 heteroatoms. The van der Waals surface area contributed by atoms with Crippen molar-refractivity contribution in [2.75, 3.05) is 0 Å². The third-order valence-corrected chi connectivity index (χ3v) is 4.27. The van der Waals surface area contributed by atoms with Crippen LogP contribution in [0.25, 0.3) is 5.52 Å². The van der Waals surface area contributed by atoms with Gasteiger partial charge in [-0.2, -0.15) is 0 Å². The largest absolute Gasteiger partial charge is 0.300 e. The minimum absolute atomic E-state index is 0.776. The summed E-state index contributed by atoms with van der Waals surface area (Å²) in [6, 6.07) is 14.2. The van der Waals surface area contributed by atoms with Crippen molar-refractivity contribution >= 4 is 33.0 Å². The number of halogens is 2. The van der Waals surface area contributed by atoms with E-state index in [1.165, 1.54) is 11.3 Å². The van der Waals surface area contributed by atoms with E-state index in [9.17, 15) is 0 Å². The highest BCUT2D eigenvalue weighted by molar-refractivity contribution is 9.10. The fraction of sp³-hybridized carbons (Fsp3) is 0.188. The normalized spacial score (nSPS) is 11.2. The van der Waals surface area contributed by atoms with Crippen molar-refractivity contribution in [2.45, 2.75) is 19.8 Å². The second kappa shape index (κ2) is 5.58. The van der Waals surface area contributed by atoms with E-state index in [0.717, 1.165) is 33.8 Å². The van der Waals surface area contributed by atoms with Crippen LogP contribution in [0.4, 0.5) is 0 Å². The van der Waals surface area contributed by atoms with Crippen LogP contribution < -0.4 is 0 Å². The highest BCUT2D eigenvalue weighted by Crippen LogP contribution is 2.21. The van der Waals surface area contributed by atoms with Crippen molar-refractivity contribution < 1.29 is 0 Å². The quantitative estimate of drug-likeness (QED) is 0.661. The zero-order valence-electron chi connectivity index (χ0n) is 11.1. The Balaban J connectivity index is 1.89. The lowest BCUT2D eigenvalue weighted by molar-refractivity contribution is 0.840. The molecule has 0 N–H and O–H groups in total. The zero-order valence-corrected chi connectivity index (χ0v) is 13.4. The lowest BCUT2D eigenvalue weighted by Crippen LogP contribution is -2.00. The molecule has 0 aliphatic heterocycles. The number of hydrogen-bond donors (Lipinski definition) is 0. The van der Waals surface area contributed by atoms with Gasteiger partial charge in [-0.3, -0.25) is 4.40 Å². The standard InChI is InChI=1S/C16H14BrClN2/c1-11-3-2-4-14-16(17)19-15(20(11)14)10-7-12-5-8-13(18)9-6-12/h2-6,8-9H,7,10H2,1H3. The SMILES string of the molecule is Cc1cccc2c(Br)nc(CCc3ccc(Cl)cc3)n12. The number of imidazole rings is 1. The number of aromatic nitrogens is 2. The van der Waals surface area contributed by atoms with Gasteiger partial charge in [-0.25, -0.2) is 4.98 Å². The van der Waals surface area contributed by atoms with Crippen molar-refractivity contribution in [3.63, 3.8) is 0 Å². The summed E-state index contributed by atoms with van der Waals surface area (Å²) in [5, 5.41) is 0.776. The Hall–Kier alpha value is -1.32. The number of rotatable bonds is 3. The average Bonchev–Trinajstić information content (AvgIpc) is 2.77. The first kappa shape index (κ1) is 13.7. The summed E-state index contributed by atoms with van der Waals surface area (Å²) in [5.74, 6) is 1.08. The average molecular weight is 350 g/mol. The molecular formula is C16H14BrClN2. The van der Waals surface area contributed by atoms with Crippen LogP contribution in [0.5, 0.6) is 0 Å². The molecule has 2 nitrogen and oxygen atoms in total. The van der Waals surface area contributed by atoms with E-state index < -0.39 is 0 Å². The molecule has 0 fully saturated rings. The molecule has 102 valence electrons. The van der Waals surface area contributed by atoms with Gasteiger partial charge in [0.15, 0.2) is 0 Å². The molecular weight excluding hydrogens is 336 g/mol. The molecule has 0 spiro atoms. The van der Waals surface area contributed by atoms with Crippen molar-refractivity contribution in [2.24, 2.45) is 0 Å². The Morgan fingerprint density at radius 1 is 1.10 bits per heavy atom. The fourth-order valence-electron chi connectivity index (χ4n) is 2.42. The van der Waals surface area contributed by atoms with Crippen molar-refractivity contribution in [1.29, 1.82) is 0 Å². The van der Waals surface area contributed by atoms with E-state index in [1.54, 1.807) is 0 Å². The Labute approximate surface area is 131 Å². The van der Waals surface area contributed by atoms with Crippen LogP contribution in [0.1, 0.15) is 17.1 Å². The Morgan fingerprint density at radius 2 is 1.85 bits per heavy atom. The summed E-state index contributed by atoms with van der Waals surface area (Å²) in [4.78, 5) is 4.64. The van der Waals surface area contributed by atoms with E-state index in [4.69, 9.17) is 11.6 Å². The van der Waals surface area contributed by atoms with Crippen molar-refractivity contribution in [1.82, 2.24) is 9.38 Å². The van der Waals surface area contributed by atoms with E-state index in [2.05, 4.69) is 62.6 Å². The lowest BCUT2D eigenvalue weighted by Gasteiger charge is -2.05. The number of aryl methyl sites for hydroxylation is 3. The van der Waals surface area contributed by atoms with E-state index >= 15 is 0 Å². The molecule has 3 rings (SSSR count). The van der Waals surface area contributed by atoms with Crippen LogP contribution in [0, 0.1) is 6.92 Å². The van der Waals surface area contributed by atoms with Gasteiger partial charge in [-0.1, -0.05) is 29.8 Å². The van der Waals surface area contributed by atoms with Crippen LogP contribution in [0.15, 0.2) is 47.1 Å². The number of hydrogen-bond acceptors (Lipinski definition) is 1. The van der Waals surface area contributed by atoms with Gasteiger partial charge in [-0.15, -0.1) is 0 Å². The number of nitrogens with zero attached hydrogens (tertiary/aromatic N) is 2. The van der Waals surface area contributed by atoms with Gasteiger partial charge in [0, 0.05) is 17.1 Å². The first-order chi connectivity index (χ1) is 9.65. The molecule has 0 radical (unpaired) electrons. The first-order valence-electron chi connectivity index (χ1n) is 6.52. The van der Waals surface area contributed by atoms with Crippen molar-refractivity contribution in [3.8, 4) is 0 Å². The van der Waals surface area contributed by atoms with Gasteiger partial charge in [0.25, 0.3) is 0 Å². The Morgan fingerprint density at radius 3 is 2.60 bits per heavy atom. The molecule has 0 atom stereocenters. The maximum Gasteiger partial charge on any atom is 0.132 e. The summed E-state index contributed by atoms with van der Waals surface area (Å²) in [6.45, 7) is 2.10. The lowest BCUT2D eigenvalue weighted by atomic mass is 10.1. The predicted octanol–water partition coefficient (Wildman–Crippen LogP) is 4.84. The second-order valence-electron chi connectivity index (χ2n) is 4.83. The number of fused-ring (bicyclic) bond motifs is 1. The Kier molecular flexibility index (Phi) is 3.81. The van der Waals surface area contributed by atoms with Crippen LogP contribution in [0.3, 0.4) is 0 Å². The number of benzene rings is 1. The third kappa shape index (κ3) is 2.60. The van der Waals surface area contributed by atoms with Gasteiger partial charge < -0.3 is 0 Å². The fourth-order valence-corrected chi connectivity index (χ4v) is 3.06. The monoisotopic (exact) mass is 348 g/mol. The molecule has 0 saturated carbocycles. The highest BCUT2D eigenvalue weighted by atomic mass is 79.9. The molecule has 1 aromatic carbocycles. The first-order valence-corrected chi connectivity index (χ1v) is 7.69. The molecule has 3 aromatic rings. The molecule has 20 heavy (non-hydrogen) atoms. The van der Waals surface area contributed by atoms with E-state index in [0.29, 0.717) is 0 Å². The predicted molar refractivity (Wildman–Crippen MR) is 86.5 cm³/mol. The minimum atomic E-state index is 0.776. The van der Waals surface area contributed by atoms with Crippen LogP contribution in [-0.2, 0) is 12.8 Å². The number of pyridine rings is 1. The van der Waals surface area contributed by atoms with E-state index in [1.807, 2.05) is 12.1 Å². The molecule has 2 aromatic heterocycles. The van der Waals surface area contributed by atoms with Crippen LogP contribution in [-0.4, -0.2) is 9.38 Å². The molecule has 0 bridgehead atoms. The van der Waals surface area contributed by atoms with Crippen molar-refractivity contribution in [3.05, 3.63) is 69.2 Å². The van der Waals surface area contributed by atoms with Gasteiger partial charge >= 0.3 is 0 Å². The maximum absolute atomic E-state index is 5.91. The summed E-state index contributed by atoms with van der Waals surface area (Å²) < 4.78 is 3.12. The Bertz CT molecular complexity index is 747. The second-order valence-corrected chi connectivity index (χ2v) is 6.02. The summed E-state index contributed by atoms with van der Waals surface area (Å²) in [7, 11) is 0. The molecule has 0 amide bonds. The summed E-state index contributed by atoms with van der Waals surface area (Å²) in [5.41, 5.74) is 3.60. The van der Waals surface area contributed by atoms with Crippen LogP contribution >= 0.6 is 27.5 Å². The maximum atomic E-state index is 5.91. The van der Waals surface area contributed by atoms with Gasteiger partial charge in [-0.05, 0) is 59.1 Å². The van der Waals surface area contributed by atoms with Crippen LogP contribution in [0.2, 0.25) is 5.02 Å². The summed E-state index contributed by atoms with van der Waals surface area (Å²) >= 11 is 9.45. The van der Waals surface area contributed by atoms with Gasteiger partial charge in [0.2, 0.25) is 0 Å². The minimum Gasteiger partial charge on any atom is -0.300 e. The molecule has 0 unspecified atom stereocenters. The highest BCUT2D eigenvalue weighted by Gasteiger charge is 2.10. The smallest absolute Gasteiger partial charge is 0.132 e. The van der Waals surface area contributed by atoms with Gasteiger partial charge in [0.05, 0.1) is 5.52 Å². The molecule has 2 heterocycles. The van der Waals surface area contributed by atoms with Gasteiger partial charge in [0.1, 0.15) is 10.4 Å². The third-order valence-electron chi connectivity index (χ3n) is 3.43. The van der Waals surface area contributed by atoms with E-state index in [-0.39, 0.29) is 0 Å². The summed E-state index contributed by atoms with van der Waals surface area (Å²) in [6.07, 6.45) is 1.86. The molecule has 0 aliphatic rings. The zero-order chi connectivity index (χ0) is 14.1.